The third kappa shape index (κ3) is 3.22. The van der Waals surface area contributed by atoms with E-state index >= 15 is 0 Å². The Morgan fingerprint density at radius 1 is 1.29 bits per heavy atom. The van der Waals surface area contributed by atoms with Crippen molar-refractivity contribution in [3.05, 3.63) is 23.9 Å². The maximum atomic E-state index is 12.7. The number of amides is 2. The Kier molecular flexibility index (Phi) is 5.20. The molecule has 2 aromatic heterocycles. The van der Waals surface area contributed by atoms with E-state index in [1.165, 1.54) is 4.52 Å². The summed E-state index contributed by atoms with van der Waals surface area (Å²) in [6, 6.07) is 3.81. The highest BCUT2D eigenvalue weighted by Gasteiger charge is 2.47. The summed E-state index contributed by atoms with van der Waals surface area (Å²) in [5, 5.41) is 17.8. The number of halogens is 1. The van der Waals surface area contributed by atoms with Crippen LogP contribution in [0, 0.1) is 11.8 Å². The zero-order valence-corrected chi connectivity index (χ0v) is 16.3. The first-order valence-electron chi connectivity index (χ1n) is 9.68. The molecule has 150 valence electrons. The molecule has 2 aromatic rings. The number of nitrogens with one attached hydrogen (secondary N) is 2. The van der Waals surface area contributed by atoms with E-state index in [1.807, 2.05) is 0 Å². The topological polar surface area (TPSA) is 105 Å². The number of aromatic nitrogens is 4. The van der Waals surface area contributed by atoms with E-state index in [9.17, 15) is 9.59 Å². The number of hydrogen-bond acceptors (Lipinski definition) is 6. The molecule has 3 saturated heterocycles. The van der Waals surface area contributed by atoms with E-state index in [-0.39, 0.29) is 30.3 Å². The van der Waals surface area contributed by atoms with Crippen LogP contribution in [0.3, 0.4) is 0 Å². The van der Waals surface area contributed by atoms with Gasteiger partial charge in [0.15, 0.2) is 5.65 Å². The molecule has 2 amide bonds. The third-order valence-corrected chi connectivity index (χ3v) is 6.33. The lowest BCUT2D eigenvalue weighted by Crippen LogP contribution is -2.66. The van der Waals surface area contributed by atoms with Gasteiger partial charge in [-0.3, -0.25) is 9.59 Å². The average molecular weight is 406 g/mol. The van der Waals surface area contributed by atoms with Gasteiger partial charge in [0.05, 0.1) is 11.6 Å². The maximum Gasteiger partial charge on any atom is 0.252 e. The number of carbonyl (C=O) groups is 2. The molecule has 2 N–H and O–H groups in total. The molecule has 0 aromatic carbocycles. The summed E-state index contributed by atoms with van der Waals surface area (Å²) in [6.45, 7) is 2.38. The van der Waals surface area contributed by atoms with Crippen molar-refractivity contribution in [2.45, 2.75) is 37.8 Å². The van der Waals surface area contributed by atoms with Crippen molar-refractivity contribution in [1.29, 1.82) is 0 Å². The molecular weight excluding hydrogens is 382 g/mol. The summed E-state index contributed by atoms with van der Waals surface area (Å²) in [4.78, 5) is 27.4. The molecule has 0 unspecified atom stereocenters. The van der Waals surface area contributed by atoms with Crippen LogP contribution in [0.15, 0.2) is 18.3 Å². The highest BCUT2D eigenvalue weighted by atomic mass is 35.5. The highest BCUT2D eigenvalue weighted by Crippen LogP contribution is 2.39. The molecule has 3 aliphatic heterocycles. The van der Waals surface area contributed by atoms with E-state index in [4.69, 9.17) is 0 Å². The van der Waals surface area contributed by atoms with Gasteiger partial charge >= 0.3 is 0 Å². The molecule has 0 saturated carbocycles. The number of pyridine rings is 1. The van der Waals surface area contributed by atoms with E-state index in [0.29, 0.717) is 42.1 Å². The van der Waals surface area contributed by atoms with E-state index in [1.54, 1.807) is 18.3 Å². The quantitative estimate of drug-likeness (QED) is 0.759. The predicted octanol–water partition coefficient (Wildman–Crippen LogP) is 0.265. The summed E-state index contributed by atoms with van der Waals surface area (Å²) in [6.07, 6.45) is 5.44. The van der Waals surface area contributed by atoms with Crippen molar-refractivity contribution in [1.82, 2.24) is 35.6 Å². The van der Waals surface area contributed by atoms with E-state index < -0.39 is 0 Å². The number of piperidine rings is 3. The first kappa shape index (κ1) is 19.1. The van der Waals surface area contributed by atoms with E-state index in [0.717, 1.165) is 32.4 Å². The van der Waals surface area contributed by atoms with Gasteiger partial charge in [-0.2, -0.15) is 4.52 Å². The smallest absolute Gasteiger partial charge is 0.252 e. The number of nitrogens with zero attached hydrogens (tertiary/aromatic N) is 5. The number of carbonyl (C=O) groups excluding carboxylic acids is 2. The van der Waals surface area contributed by atoms with Gasteiger partial charge in [-0.15, -0.1) is 17.5 Å². The molecular formula is C18H24ClN7O2. The lowest BCUT2D eigenvalue weighted by molar-refractivity contribution is -0.148. The van der Waals surface area contributed by atoms with Crippen LogP contribution in [-0.4, -0.2) is 68.5 Å². The van der Waals surface area contributed by atoms with Gasteiger partial charge in [-0.1, -0.05) is 0 Å². The molecule has 9 nitrogen and oxygen atoms in total. The first-order chi connectivity index (χ1) is 13.2. The lowest BCUT2D eigenvalue weighted by Gasteiger charge is -2.54. The van der Waals surface area contributed by atoms with Gasteiger partial charge in [-0.05, 0) is 60.2 Å². The SMILES string of the molecule is Cl.O=C(NC[C@H]1[C@@H]2CNC[C@@H](C2)[C@@H]2CCCC(=O)N21)c1ccc2nnnn2c1. The summed E-state index contributed by atoms with van der Waals surface area (Å²) in [7, 11) is 0. The highest BCUT2D eigenvalue weighted by molar-refractivity contribution is 5.94. The monoisotopic (exact) mass is 405 g/mol. The maximum absolute atomic E-state index is 12.7. The Labute approximate surface area is 168 Å². The fraction of sp³-hybridized carbons (Fsp3) is 0.611. The minimum absolute atomic E-state index is 0. The molecule has 28 heavy (non-hydrogen) atoms. The minimum Gasteiger partial charge on any atom is -0.350 e. The molecule has 0 aliphatic carbocycles. The Hall–Kier alpha value is -2.26. The Morgan fingerprint density at radius 2 is 2.14 bits per heavy atom. The first-order valence-corrected chi connectivity index (χ1v) is 9.68. The van der Waals surface area contributed by atoms with Crippen LogP contribution in [0.25, 0.3) is 5.65 Å². The largest absolute Gasteiger partial charge is 0.350 e. The van der Waals surface area contributed by atoms with Crippen molar-refractivity contribution >= 4 is 29.9 Å². The van der Waals surface area contributed by atoms with Crippen LogP contribution < -0.4 is 10.6 Å². The molecule has 10 heteroatoms. The van der Waals surface area contributed by atoms with Gasteiger partial charge in [-0.25, -0.2) is 0 Å². The molecule has 0 radical (unpaired) electrons. The molecule has 0 spiro atoms. The molecule has 5 rings (SSSR count). The summed E-state index contributed by atoms with van der Waals surface area (Å²) < 4.78 is 1.48. The predicted molar refractivity (Wildman–Crippen MR) is 103 cm³/mol. The van der Waals surface area contributed by atoms with Crippen LogP contribution in [0.1, 0.15) is 36.0 Å². The van der Waals surface area contributed by atoms with Crippen molar-refractivity contribution in [2.24, 2.45) is 11.8 Å². The average Bonchev–Trinajstić information content (AvgIpc) is 3.16. The second-order valence-electron chi connectivity index (χ2n) is 7.85. The van der Waals surface area contributed by atoms with Crippen LogP contribution >= 0.6 is 12.4 Å². The Bertz CT molecular complexity index is 888. The molecule has 3 fully saturated rings. The molecule has 3 aliphatic rings. The summed E-state index contributed by atoms with van der Waals surface area (Å²) >= 11 is 0. The third-order valence-electron chi connectivity index (χ3n) is 6.33. The van der Waals surface area contributed by atoms with Gasteiger partial charge in [0.1, 0.15) is 0 Å². The minimum atomic E-state index is -0.167. The number of rotatable bonds is 3. The van der Waals surface area contributed by atoms with Gasteiger partial charge < -0.3 is 15.5 Å². The molecule has 5 heterocycles. The van der Waals surface area contributed by atoms with Crippen molar-refractivity contribution < 1.29 is 9.59 Å². The fourth-order valence-electron chi connectivity index (χ4n) is 5.07. The zero-order valence-electron chi connectivity index (χ0n) is 15.5. The zero-order chi connectivity index (χ0) is 18.4. The standard InChI is InChI=1S/C18H23N7O2.ClH/c26-17-3-1-2-14-12-6-13(8-19-7-12)15(25(14)17)9-20-18(27)11-4-5-16-21-22-23-24(16)10-11;/h4-5,10,12-15,19H,1-3,6-9H2,(H,20,27);1H/t12-,13+,14+,15+;/m1./s1. The van der Waals surface area contributed by atoms with Crippen LogP contribution in [0.2, 0.25) is 0 Å². The van der Waals surface area contributed by atoms with Crippen molar-refractivity contribution in [3.8, 4) is 0 Å². The van der Waals surface area contributed by atoms with Crippen LogP contribution in [0.4, 0.5) is 0 Å². The van der Waals surface area contributed by atoms with Gasteiger partial charge in [0.25, 0.3) is 5.91 Å². The normalized spacial score (nSPS) is 29.1. The molecule has 2 bridgehead atoms. The Balaban J connectivity index is 0.00000192. The number of fused-ring (bicyclic) bond motifs is 5. The molecule has 4 atom stereocenters. The van der Waals surface area contributed by atoms with Crippen LogP contribution in [-0.2, 0) is 4.79 Å². The van der Waals surface area contributed by atoms with Crippen molar-refractivity contribution in [3.63, 3.8) is 0 Å². The number of hydrogen-bond donors (Lipinski definition) is 2. The second-order valence-corrected chi connectivity index (χ2v) is 7.85. The van der Waals surface area contributed by atoms with E-state index in [2.05, 4.69) is 31.1 Å². The summed E-state index contributed by atoms with van der Waals surface area (Å²) in [5.74, 6) is 1.02. The second kappa shape index (κ2) is 7.63. The summed E-state index contributed by atoms with van der Waals surface area (Å²) in [5.41, 5.74) is 1.10. The van der Waals surface area contributed by atoms with Gasteiger partial charge in [0.2, 0.25) is 5.91 Å². The fourth-order valence-corrected chi connectivity index (χ4v) is 5.07. The Morgan fingerprint density at radius 3 is 3.04 bits per heavy atom. The lowest BCUT2D eigenvalue weighted by atomic mass is 9.72. The van der Waals surface area contributed by atoms with Gasteiger partial charge in [0, 0.05) is 31.7 Å². The van der Waals surface area contributed by atoms with Crippen molar-refractivity contribution in [2.75, 3.05) is 19.6 Å². The van der Waals surface area contributed by atoms with Crippen LogP contribution in [0.5, 0.6) is 0 Å². The number of tetrazole rings is 1.